The third-order valence-electron chi connectivity index (χ3n) is 3.32. The molecule has 0 saturated heterocycles. The Morgan fingerprint density at radius 2 is 1.74 bits per heavy atom. The van der Waals surface area contributed by atoms with Gasteiger partial charge in [0.25, 0.3) is 0 Å². The van der Waals surface area contributed by atoms with Crippen molar-refractivity contribution >= 4 is 20.6 Å². The van der Waals surface area contributed by atoms with E-state index in [-0.39, 0.29) is 18.2 Å². The lowest BCUT2D eigenvalue weighted by Crippen LogP contribution is -2.56. The van der Waals surface area contributed by atoms with Gasteiger partial charge in [0.15, 0.2) is 0 Å². The molecule has 19 heavy (non-hydrogen) atoms. The maximum absolute atomic E-state index is 9.78. The molecule has 0 aliphatic rings. The van der Waals surface area contributed by atoms with Gasteiger partial charge in [0.05, 0.1) is 6.61 Å². The van der Waals surface area contributed by atoms with Crippen LogP contribution in [0.4, 0.5) is 0 Å². The van der Waals surface area contributed by atoms with E-state index in [0.29, 0.717) is 0 Å². The molecule has 1 aromatic rings. The summed E-state index contributed by atoms with van der Waals surface area (Å²) in [5.41, 5.74) is 1.33. The molecule has 1 aromatic carbocycles. The highest BCUT2D eigenvalue weighted by molar-refractivity contribution is 6.52. The first-order valence-electron chi connectivity index (χ1n) is 6.89. The highest BCUT2D eigenvalue weighted by Gasteiger charge is 2.30. The van der Waals surface area contributed by atoms with Gasteiger partial charge in [-0.05, 0) is 44.9 Å². The van der Waals surface area contributed by atoms with Gasteiger partial charge < -0.3 is 9.67 Å². The van der Waals surface area contributed by atoms with E-state index in [1.165, 1.54) is 5.56 Å². The minimum atomic E-state index is -0.990. The van der Waals surface area contributed by atoms with Crippen molar-refractivity contribution in [3.8, 4) is 0 Å². The fourth-order valence-electron chi connectivity index (χ4n) is 2.89. The normalized spacial score (nSPS) is 14.2. The number of hydrogen-bond donors (Lipinski definition) is 1. The summed E-state index contributed by atoms with van der Waals surface area (Å²) in [5, 5.41) is 10.5. The molecule has 0 heterocycles. The van der Waals surface area contributed by atoms with E-state index in [0.717, 1.165) is 11.4 Å². The SMILES string of the molecule is C[SiH](C)N([C@H](CO)Cc1ccc(Cl)cc1)C(C)(C)C. The van der Waals surface area contributed by atoms with Crippen LogP contribution in [0.15, 0.2) is 24.3 Å². The molecule has 0 unspecified atom stereocenters. The van der Waals surface area contributed by atoms with Gasteiger partial charge in [-0.25, -0.2) is 0 Å². The number of halogens is 1. The third kappa shape index (κ3) is 4.92. The van der Waals surface area contributed by atoms with Crippen LogP contribution in [0, 0.1) is 0 Å². The second kappa shape index (κ2) is 6.89. The van der Waals surface area contributed by atoms with Gasteiger partial charge >= 0.3 is 0 Å². The average Bonchev–Trinajstić information content (AvgIpc) is 2.28. The van der Waals surface area contributed by atoms with Gasteiger partial charge in [0.2, 0.25) is 0 Å². The van der Waals surface area contributed by atoms with Crippen LogP contribution in [0.3, 0.4) is 0 Å². The van der Waals surface area contributed by atoms with E-state index in [9.17, 15) is 5.11 Å². The van der Waals surface area contributed by atoms with Gasteiger partial charge in [-0.2, -0.15) is 0 Å². The summed E-state index contributed by atoms with van der Waals surface area (Å²) in [6.07, 6.45) is 0.871. The molecule has 2 nitrogen and oxygen atoms in total. The molecule has 0 aliphatic carbocycles. The quantitative estimate of drug-likeness (QED) is 0.843. The van der Waals surface area contributed by atoms with E-state index in [1.807, 2.05) is 24.3 Å². The molecule has 1 atom stereocenters. The highest BCUT2D eigenvalue weighted by atomic mass is 35.5. The number of aliphatic hydroxyl groups is 1. The summed E-state index contributed by atoms with van der Waals surface area (Å²) < 4.78 is 2.52. The fourth-order valence-corrected chi connectivity index (χ4v) is 5.61. The monoisotopic (exact) mass is 299 g/mol. The molecule has 1 rings (SSSR count). The third-order valence-corrected chi connectivity index (χ3v) is 5.88. The van der Waals surface area contributed by atoms with E-state index >= 15 is 0 Å². The first-order valence-corrected chi connectivity index (χ1v) is 10.1. The molecule has 0 bridgehead atoms. The van der Waals surface area contributed by atoms with Crippen molar-refractivity contribution in [3.63, 3.8) is 0 Å². The minimum absolute atomic E-state index is 0.0974. The Morgan fingerprint density at radius 1 is 1.21 bits per heavy atom. The van der Waals surface area contributed by atoms with Crippen molar-refractivity contribution in [2.45, 2.75) is 51.9 Å². The van der Waals surface area contributed by atoms with Crippen molar-refractivity contribution in [3.05, 3.63) is 34.9 Å². The Bertz CT molecular complexity index is 386. The summed E-state index contributed by atoms with van der Waals surface area (Å²) in [6, 6.07) is 8.12. The molecule has 0 spiro atoms. The second-order valence-electron chi connectivity index (χ2n) is 6.34. The van der Waals surface area contributed by atoms with Gasteiger partial charge in [-0.15, -0.1) is 0 Å². The molecule has 1 N–H and O–H groups in total. The van der Waals surface area contributed by atoms with Crippen molar-refractivity contribution < 1.29 is 5.11 Å². The molecular formula is C15H26ClNOSi. The van der Waals surface area contributed by atoms with Gasteiger partial charge in [0, 0.05) is 16.6 Å². The predicted octanol–water partition coefficient (Wildman–Crippen LogP) is 3.33. The molecule has 108 valence electrons. The molecule has 4 heteroatoms. The number of benzene rings is 1. The number of hydrogen-bond acceptors (Lipinski definition) is 2. The number of nitrogens with zero attached hydrogens (tertiary/aromatic N) is 1. The minimum Gasteiger partial charge on any atom is -0.395 e. The van der Waals surface area contributed by atoms with Crippen LogP contribution >= 0.6 is 11.6 Å². The zero-order valence-electron chi connectivity index (χ0n) is 12.7. The van der Waals surface area contributed by atoms with E-state index < -0.39 is 8.96 Å². The van der Waals surface area contributed by atoms with Crippen LogP contribution in [-0.4, -0.2) is 36.8 Å². The van der Waals surface area contributed by atoms with Crippen LogP contribution in [0.5, 0.6) is 0 Å². The molecule has 0 fully saturated rings. The summed E-state index contributed by atoms with van der Waals surface area (Å²) in [7, 11) is -0.990. The highest BCUT2D eigenvalue weighted by Crippen LogP contribution is 2.22. The Balaban J connectivity index is 2.89. The maximum Gasteiger partial charge on any atom is 0.106 e. The average molecular weight is 300 g/mol. The topological polar surface area (TPSA) is 23.5 Å². The number of aliphatic hydroxyl groups excluding tert-OH is 1. The van der Waals surface area contributed by atoms with Crippen LogP contribution in [0.2, 0.25) is 18.1 Å². The van der Waals surface area contributed by atoms with Crippen molar-refractivity contribution in [1.29, 1.82) is 0 Å². The van der Waals surface area contributed by atoms with Crippen LogP contribution in [0.1, 0.15) is 26.3 Å². The molecule has 0 radical (unpaired) electrons. The lowest BCUT2D eigenvalue weighted by molar-refractivity contribution is 0.121. The first-order chi connectivity index (χ1) is 8.75. The van der Waals surface area contributed by atoms with Crippen molar-refractivity contribution in [1.82, 2.24) is 4.57 Å². The largest absolute Gasteiger partial charge is 0.395 e. The lowest BCUT2D eigenvalue weighted by atomic mass is 10.0. The van der Waals surface area contributed by atoms with Gasteiger partial charge in [-0.3, -0.25) is 0 Å². The number of rotatable bonds is 5. The van der Waals surface area contributed by atoms with Crippen LogP contribution in [-0.2, 0) is 6.42 Å². The Labute approximate surface area is 124 Å². The van der Waals surface area contributed by atoms with Crippen molar-refractivity contribution in [2.24, 2.45) is 0 Å². The Kier molecular flexibility index (Phi) is 6.05. The van der Waals surface area contributed by atoms with E-state index in [1.54, 1.807) is 0 Å². The zero-order valence-corrected chi connectivity index (χ0v) is 14.6. The standard InChI is InChI=1S/C15H26ClNOSi/c1-15(2,3)17(19(4)5)14(11-18)10-12-6-8-13(16)9-7-12/h6-9,14,18-19H,10-11H2,1-5H3/t14-/m0/s1. The smallest absolute Gasteiger partial charge is 0.106 e. The summed E-state index contributed by atoms with van der Waals surface area (Å²) in [5.74, 6) is 0. The Hall–Kier alpha value is -0.353. The van der Waals surface area contributed by atoms with Crippen LogP contribution in [0.25, 0.3) is 0 Å². The summed E-state index contributed by atoms with van der Waals surface area (Å²) in [6.45, 7) is 11.5. The predicted molar refractivity (Wildman–Crippen MR) is 86.5 cm³/mol. The zero-order chi connectivity index (χ0) is 14.6. The van der Waals surface area contributed by atoms with E-state index in [2.05, 4.69) is 38.4 Å². The fraction of sp³-hybridized carbons (Fsp3) is 0.600. The molecule has 0 amide bonds. The molecule has 0 aromatic heterocycles. The Morgan fingerprint density at radius 3 is 2.11 bits per heavy atom. The molecule has 0 aliphatic heterocycles. The second-order valence-corrected chi connectivity index (χ2v) is 9.52. The maximum atomic E-state index is 9.78. The summed E-state index contributed by atoms with van der Waals surface area (Å²) >= 11 is 5.91. The molecule has 0 saturated carbocycles. The first kappa shape index (κ1) is 16.7. The van der Waals surface area contributed by atoms with E-state index in [4.69, 9.17) is 11.6 Å². The molecular weight excluding hydrogens is 274 g/mol. The van der Waals surface area contributed by atoms with Crippen molar-refractivity contribution in [2.75, 3.05) is 6.61 Å². The lowest BCUT2D eigenvalue weighted by Gasteiger charge is -2.44. The summed E-state index contributed by atoms with van der Waals surface area (Å²) in [4.78, 5) is 0. The van der Waals surface area contributed by atoms with Crippen LogP contribution < -0.4 is 0 Å². The van der Waals surface area contributed by atoms with Gasteiger partial charge in [-0.1, -0.05) is 36.8 Å². The van der Waals surface area contributed by atoms with Gasteiger partial charge in [0.1, 0.15) is 8.96 Å².